The highest BCUT2D eigenvalue weighted by Crippen LogP contribution is 2.43. The molecule has 0 amide bonds. The number of hydrogen-bond acceptors (Lipinski definition) is 4. The zero-order valence-corrected chi connectivity index (χ0v) is 14.1. The summed E-state index contributed by atoms with van der Waals surface area (Å²) in [5.74, 6) is -0.166. The Labute approximate surface area is 145 Å². The number of hydrogen-bond donors (Lipinski definition) is 1. The Bertz CT molecular complexity index is 814. The van der Waals surface area contributed by atoms with Gasteiger partial charge in [-0.25, -0.2) is 4.79 Å². The molecule has 2 aromatic rings. The van der Waals surface area contributed by atoms with Gasteiger partial charge in [-0.15, -0.1) is 0 Å². The SMILES string of the molecule is CCOC(=O)c1cncc(C2=C(c3cc(Cl)ccc3O)CCC2)c1. The van der Waals surface area contributed by atoms with Crippen LogP contribution in [0, 0.1) is 0 Å². The molecule has 1 aliphatic carbocycles. The van der Waals surface area contributed by atoms with Gasteiger partial charge in [0.2, 0.25) is 0 Å². The van der Waals surface area contributed by atoms with Crippen molar-refractivity contribution in [2.45, 2.75) is 26.2 Å². The predicted octanol–water partition coefficient (Wildman–Crippen LogP) is 4.71. The number of ether oxygens (including phenoxy) is 1. The summed E-state index contributed by atoms with van der Waals surface area (Å²) in [4.78, 5) is 16.1. The normalized spacial score (nSPS) is 14.1. The molecule has 0 saturated carbocycles. The van der Waals surface area contributed by atoms with Crippen molar-refractivity contribution in [1.29, 1.82) is 0 Å². The van der Waals surface area contributed by atoms with Crippen LogP contribution >= 0.6 is 11.6 Å². The first-order valence-electron chi connectivity index (χ1n) is 7.93. The summed E-state index contributed by atoms with van der Waals surface area (Å²) in [7, 11) is 0. The molecule has 0 saturated heterocycles. The van der Waals surface area contributed by atoms with Gasteiger partial charge in [0.15, 0.2) is 0 Å². The minimum atomic E-state index is -0.377. The third kappa shape index (κ3) is 3.29. The van der Waals surface area contributed by atoms with Crippen LogP contribution < -0.4 is 0 Å². The van der Waals surface area contributed by atoms with Gasteiger partial charge < -0.3 is 9.84 Å². The second kappa shape index (κ2) is 7.05. The zero-order valence-electron chi connectivity index (χ0n) is 13.4. The highest BCUT2D eigenvalue weighted by atomic mass is 35.5. The largest absolute Gasteiger partial charge is 0.507 e. The molecule has 1 N–H and O–H groups in total. The molecule has 0 aliphatic heterocycles. The van der Waals surface area contributed by atoms with Gasteiger partial charge in [-0.1, -0.05) is 11.6 Å². The number of carbonyl (C=O) groups is 1. The van der Waals surface area contributed by atoms with E-state index in [-0.39, 0.29) is 11.7 Å². The lowest BCUT2D eigenvalue weighted by Crippen LogP contribution is -2.05. The lowest BCUT2D eigenvalue weighted by molar-refractivity contribution is 0.0526. The van der Waals surface area contributed by atoms with Crippen molar-refractivity contribution in [3.8, 4) is 5.75 Å². The summed E-state index contributed by atoms with van der Waals surface area (Å²) in [5, 5.41) is 10.8. The molecule has 1 aromatic heterocycles. The van der Waals surface area contributed by atoms with E-state index >= 15 is 0 Å². The number of aromatic hydroxyl groups is 1. The molecule has 0 fully saturated rings. The van der Waals surface area contributed by atoms with Crippen LogP contribution in [0.2, 0.25) is 5.02 Å². The molecular weight excluding hydrogens is 326 g/mol. The topological polar surface area (TPSA) is 59.4 Å². The average molecular weight is 344 g/mol. The number of nitrogens with zero attached hydrogens (tertiary/aromatic N) is 1. The van der Waals surface area contributed by atoms with Gasteiger partial charge in [-0.3, -0.25) is 4.98 Å². The number of aromatic nitrogens is 1. The highest BCUT2D eigenvalue weighted by molar-refractivity contribution is 6.30. The van der Waals surface area contributed by atoms with E-state index in [1.807, 2.05) is 0 Å². The van der Waals surface area contributed by atoms with Crippen molar-refractivity contribution in [3.05, 3.63) is 58.4 Å². The number of phenolic OH excluding ortho intramolecular Hbond substituents is 1. The first-order valence-corrected chi connectivity index (χ1v) is 8.31. The summed E-state index contributed by atoms with van der Waals surface area (Å²) < 4.78 is 5.04. The number of pyridine rings is 1. The summed E-state index contributed by atoms with van der Waals surface area (Å²) in [5.41, 5.74) is 4.21. The Kier molecular flexibility index (Phi) is 4.86. The van der Waals surface area contributed by atoms with Crippen LogP contribution in [0.3, 0.4) is 0 Å². The fraction of sp³-hybridized carbons (Fsp3) is 0.263. The van der Waals surface area contributed by atoms with Crippen molar-refractivity contribution >= 4 is 28.7 Å². The Morgan fingerprint density at radius 3 is 2.83 bits per heavy atom. The third-order valence-electron chi connectivity index (χ3n) is 4.10. The maximum absolute atomic E-state index is 11.9. The van der Waals surface area contributed by atoms with Crippen molar-refractivity contribution in [3.63, 3.8) is 0 Å². The zero-order chi connectivity index (χ0) is 17.1. The summed E-state index contributed by atoms with van der Waals surface area (Å²) in [6, 6.07) is 6.85. The van der Waals surface area contributed by atoms with Gasteiger partial charge in [0.1, 0.15) is 5.75 Å². The minimum absolute atomic E-state index is 0.211. The van der Waals surface area contributed by atoms with Crippen LogP contribution in [-0.2, 0) is 4.74 Å². The molecule has 0 atom stereocenters. The molecule has 0 spiro atoms. The van der Waals surface area contributed by atoms with E-state index in [0.717, 1.165) is 41.5 Å². The molecule has 1 heterocycles. The molecule has 3 rings (SSSR count). The lowest BCUT2D eigenvalue weighted by atomic mass is 9.96. The number of esters is 1. The summed E-state index contributed by atoms with van der Waals surface area (Å²) in [6.07, 6.45) is 5.96. The predicted molar refractivity (Wildman–Crippen MR) is 94.0 cm³/mol. The fourth-order valence-corrected chi connectivity index (χ4v) is 3.21. The number of carbonyl (C=O) groups excluding carboxylic acids is 1. The van der Waals surface area contributed by atoms with Gasteiger partial charge >= 0.3 is 5.97 Å². The molecule has 24 heavy (non-hydrogen) atoms. The molecule has 1 aromatic carbocycles. The first kappa shape index (κ1) is 16.5. The summed E-state index contributed by atoms with van der Waals surface area (Å²) >= 11 is 6.08. The second-order valence-electron chi connectivity index (χ2n) is 5.65. The molecule has 0 unspecified atom stereocenters. The molecule has 0 radical (unpaired) electrons. The molecule has 124 valence electrons. The quantitative estimate of drug-likeness (QED) is 0.816. The summed E-state index contributed by atoms with van der Waals surface area (Å²) in [6.45, 7) is 2.10. The maximum atomic E-state index is 11.9. The van der Waals surface area contributed by atoms with Crippen LogP contribution in [0.5, 0.6) is 5.75 Å². The van der Waals surface area contributed by atoms with Gasteiger partial charge in [-0.05, 0) is 67.2 Å². The van der Waals surface area contributed by atoms with E-state index in [9.17, 15) is 9.90 Å². The Hall–Kier alpha value is -2.33. The number of halogens is 1. The van der Waals surface area contributed by atoms with Crippen LogP contribution in [0.15, 0.2) is 36.7 Å². The van der Waals surface area contributed by atoms with Crippen LogP contribution in [-0.4, -0.2) is 22.7 Å². The Morgan fingerprint density at radius 1 is 1.25 bits per heavy atom. The Morgan fingerprint density at radius 2 is 2.04 bits per heavy atom. The lowest BCUT2D eigenvalue weighted by Gasteiger charge is -2.11. The maximum Gasteiger partial charge on any atom is 0.339 e. The van der Waals surface area contributed by atoms with Crippen molar-refractivity contribution in [1.82, 2.24) is 4.98 Å². The third-order valence-corrected chi connectivity index (χ3v) is 4.33. The van der Waals surface area contributed by atoms with Crippen LogP contribution in [0.1, 0.15) is 47.7 Å². The van der Waals surface area contributed by atoms with E-state index < -0.39 is 0 Å². The number of allylic oxidation sites excluding steroid dienone is 2. The molecule has 1 aliphatic rings. The van der Waals surface area contributed by atoms with Crippen LogP contribution in [0.25, 0.3) is 11.1 Å². The van der Waals surface area contributed by atoms with E-state index in [4.69, 9.17) is 16.3 Å². The fourth-order valence-electron chi connectivity index (χ4n) is 3.04. The average Bonchev–Trinajstić information content (AvgIpc) is 3.07. The Balaban J connectivity index is 2.05. The number of benzene rings is 1. The first-order chi connectivity index (χ1) is 11.6. The monoisotopic (exact) mass is 343 g/mol. The molecular formula is C19H18ClNO3. The van der Waals surface area contributed by atoms with Crippen LogP contribution in [0.4, 0.5) is 0 Å². The van der Waals surface area contributed by atoms with Gasteiger partial charge in [-0.2, -0.15) is 0 Å². The standard InChI is InChI=1S/C19H18ClNO3/c1-2-24-19(23)13-8-12(10-21-11-13)15-4-3-5-16(15)17-9-14(20)6-7-18(17)22/h6-11,22H,2-5H2,1H3. The van der Waals surface area contributed by atoms with E-state index in [1.54, 1.807) is 37.4 Å². The van der Waals surface area contributed by atoms with Gasteiger partial charge in [0.05, 0.1) is 12.2 Å². The van der Waals surface area contributed by atoms with Crippen molar-refractivity contribution < 1.29 is 14.6 Å². The molecule has 0 bridgehead atoms. The smallest absolute Gasteiger partial charge is 0.339 e. The van der Waals surface area contributed by atoms with Crippen molar-refractivity contribution in [2.75, 3.05) is 6.61 Å². The van der Waals surface area contributed by atoms with Gasteiger partial charge in [0, 0.05) is 23.0 Å². The van der Waals surface area contributed by atoms with E-state index in [2.05, 4.69) is 4.98 Å². The van der Waals surface area contributed by atoms with Crippen molar-refractivity contribution in [2.24, 2.45) is 0 Å². The minimum Gasteiger partial charge on any atom is -0.507 e. The second-order valence-corrected chi connectivity index (χ2v) is 6.09. The highest BCUT2D eigenvalue weighted by Gasteiger charge is 2.21. The molecule has 4 nitrogen and oxygen atoms in total. The number of phenols is 1. The molecule has 5 heteroatoms. The van der Waals surface area contributed by atoms with E-state index in [1.165, 1.54) is 6.20 Å². The van der Waals surface area contributed by atoms with E-state index in [0.29, 0.717) is 17.2 Å². The number of rotatable bonds is 4. The van der Waals surface area contributed by atoms with Gasteiger partial charge in [0.25, 0.3) is 0 Å².